The quantitative estimate of drug-likeness (QED) is 0.411. The van der Waals surface area contributed by atoms with E-state index in [1.54, 1.807) is 24.3 Å². The van der Waals surface area contributed by atoms with Crippen LogP contribution >= 0.6 is 34.8 Å². The van der Waals surface area contributed by atoms with Crippen LogP contribution in [0.4, 0.5) is 13.2 Å². The molecule has 1 aromatic carbocycles. The monoisotopic (exact) mass is 473 g/mol. The number of rotatable bonds is 3. The summed E-state index contributed by atoms with van der Waals surface area (Å²) in [5.41, 5.74) is -0.255. The fourth-order valence-corrected chi connectivity index (χ4v) is 3.47. The van der Waals surface area contributed by atoms with E-state index in [2.05, 4.69) is 15.1 Å². The van der Waals surface area contributed by atoms with Crippen LogP contribution in [0.1, 0.15) is 0 Å². The van der Waals surface area contributed by atoms with Crippen molar-refractivity contribution in [2.24, 2.45) is 0 Å². The van der Waals surface area contributed by atoms with Crippen molar-refractivity contribution in [2.45, 2.75) is 12.7 Å². The molecule has 0 spiro atoms. The van der Waals surface area contributed by atoms with Crippen molar-refractivity contribution in [3.63, 3.8) is 0 Å². The molecule has 0 unspecified atom stereocenters. The number of aromatic nitrogens is 5. The fourth-order valence-electron chi connectivity index (χ4n) is 2.88. The first-order chi connectivity index (χ1) is 14.1. The molecule has 0 atom stereocenters. The van der Waals surface area contributed by atoms with Crippen molar-refractivity contribution >= 4 is 45.8 Å². The van der Waals surface area contributed by atoms with Crippen LogP contribution in [0.25, 0.3) is 28.1 Å². The molecule has 0 bridgehead atoms. The molecule has 0 aliphatic carbocycles. The molecule has 0 N–H and O–H groups in total. The average Bonchev–Trinajstić information content (AvgIpc) is 3.04. The molecular formula is C18H9Cl3F3N5O. The van der Waals surface area contributed by atoms with Crippen LogP contribution in [-0.2, 0) is 6.54 Å². The van der Waals surface area contributed by atoms with Gasteiger partial charge >= 0.3 is 6.18 Å². The molecule has 3 heterocycles. The molecule has 0 saturated carbocycles. The second-order valence-corrected chi connectivity index (χ2v) is 7.50. The highest BCUT2D eigenvalue weighted by atomic mass is 35.5. The maximum atomic E-state index is 12.8. The van der Waals surface area contributed by atoms with Crippen LogP contribution < -0.4 is 5.56 Å². The Morgan fingerprint density at radius 2 is 1.67 bits per heavy atom. The van der Waals surface area contributed by atoms with Crippen molar-refractivity contribution in [1.82, 2.24) is 24.3 Å². The van der Waals surface area contributed by atoms with Gasteiger partial charge in [-0.05, 0) is 18.2 Å². The van der Waals surface area contributed by atoms with Crippen molar-refractivity contribution in [3.8, 4) is 17.1 Å². The fraction of sp³-hybridized carbons (Fsp3) is 0.111. The predicted molar refractivity (Wildman–Crippen MR) is 107 cm³/mol. The third kappa shape index (κ3) is 3.88. The van der Waals surface area contributed by atoms with Gasteiger partial charge in [-0.15, -0.1) is 0 Å². The minimum absolute atomic E-state index is 0.0913. The molecule has 0 fully saturated rings. The summed E-state index contributed by atoms with van der Waals surface area (Å²) in [6.45, 7) is -1.49. The lowest BCUT2D eigenvalue weighted by Crippen LogP contribution is -2.28. The maximum Gasteiger partial charge on any atom is 0.406 e. The third-order valence-electron chi connectivity index (χ3n) is 4.11. The normalized spacial score (nSPS) is 11.9. The van der Waals surface area contributed by atoms with Crippen molar-refractivity contribution < 1.29 is 13.2 Å². The van der Waals surface area contributed by atoms with Gasteiger partial charge in [0.1, 0.15) is 17.8 Å². The van der Waals surface area contributed by atoms with E-state index in [9.17, 15) is 18.0 Å². The Labute approximate surface area is 181 Å². The van der Waals surface area contributed by atoms with E-state index in [0.29, 0.717) is 20.8 Å². The zero-order valence-corrected chi connectivity index (χ0v) is 16.9. The summed E-state index contributed by atoms with van der Waals surface area (Å²) in [7, 11) is 0. The Hall–Kier alpha value is -2.62. The molecule has 30 heavy (non-hydrogen) atoms. The zero-order chi connectivity index (χ0) is 21.6. The van der Waals surface area contributed by atoms with Gasteiger partial charge in [0.2, 0.25) is 0 Å². The number of hydrogen-bond donors (Lipinski definition) is 0. The molecule has 0 radical (unpaired) electrons. The average molecular weight is 475 g/mol. The van der Waals surface area contributed by atoms with Gasteiger partial charge in [0.15, 0.2) is 11.3 Å². The Morgan fingerprint density at radius 1 is 0.967 bits per heavy atom. The van der Waals surface area contributed by atoms with Gasteiger partial charge in [0.05, 0.1) is 16.4 Å². The van der Waals surface area contributed by atoms with E-state index >= 15 is 0 Å². The Balaban J connectivity index is 2.04. The van der Waals surface area contributed by atoms with Gasteiger partial charge in [0.25, 0.3) is 5.56 Å². The van der Waals surface area contributed by atoms with Crippen LogP contribution in [-0.4, -0.2) is 30.5 Å². The summed E-state index contributed by atoms with van der Waals surface area (Å²) >= 11 is 18.1. The Kier molecular flexibility index (Phi) is 5.21. The number of alkyl halides is 3. The van der Waals surface area contributed by atoms with E-state index in [1.165, 1.54) is 16.9 Å². The largest absolute Gasteiger partial charge is 0.406 e. The van der Waals surface area contributed by atoms with Gasteiger partial charge in [-0.3, -0.25) is 9.36 Å². The van der Waals surface area contributed by atoms with Crippen LogP contribution in [0.5, 0.6) is 0 Å². The molecule has 0 aliphatic rings. The first-order valence-electron chi connectivity index (χ1n) is 8.26. The van der Waals surface area contributed by atoms with Crippen LogP contribution in [0.15, 0.2) is 47.7 Å². The lowest BCUT2D eigenvalue weighted by molar-refractivity contribution is -0.141. The van der Waals surface area contributed by atoms with Crippen LogP contribution in [0, 0.1) is 0 Å². The lowest BCUT2D eigenvalue weighted by Gasteiger charge is -2.09. The maximum absolute atomic E-state index is 12.8. The molecule has 0 aliphatic heterocycles. The van der Waals surface area contributed by atoms with E-state index < -0.39 is 18.3 Å². The van der Waals surface area contributed by atoms with Gasteiger partial charge in [-0.2, -0.15) is 18.3 Å². The van der Waals surface area contributed by atoms with Crippen LogP contribution in [0.2, 0.25) is 15.1 Å². The topological polar surface area (TPSA) is 65.6 Å². The second-order valence-electron chi connectivity index (χ2n) is 6.22. The van der Waals surface area contributed by atoms with Crippen molar-refractivity contribution in [3.05, 3.63) is 68.3 Å². The van der Waals surface area contributed by atoms with E-state index in [-0.39, 0.29) is 26.9 Å². The smallest absolute Gasteiger partial charge is 0.288 e. The molecule has 0 saturated heterocycles. The third-order valence-corrected chi connectivity index (χ3v) is 4.84. The Morgan fingerprint density at radius 3 is 2.30 bits per heavy atom. The Bertz CT molecular complexity index is 1320. The number of hydrogen-bond acceptors (Lipinski definition) is 4. The summed E-state index contributed by atoms with van der Waals surface area (Å²) in [5, 5.41) is 5.07. The second kappa shape index (κ2) is 7.57. The molecule has 6 nitrogen and oxygen atoms in total. The summed E-state index contributed by atoms with van der Waals surface area (Å²) in [5.74, 6) is 0.130. The summed E-state index contributed by atoms with van der Waals surface area (Å²) in [6, 6.07) is 7.96. The molecule has 4 rings (SSSR count). The zero-order valence-electron chi connectivity index (χ0n) is 14.7. The standard InChI is InChI=1S/C18H9Cl3F3N5O/c19-10-3-1-9(2-4-10)15-13-14(17(30)28(8-26-13)7-18(22,23)24)27-29(15)16-12(21)5-11(20)6-25-16/h1-6,8H,7H2. The summed E-state index contributed by atoms with van der Waals surface area (Å²) in [6.07, 6.45) is -2.43. The highest BCUT2D eigenvalue weighted by Crippen LogP contribution is 2.32. The van der Waals surface area contributed by atoms with Crippen LogP contribution in [0.3, 0.4) is 0 Å². The summed E-state index contributed by atoms with van der Waals surface area (Å²) < 4.78 is 40.1. The number of nitrogens with zero attached hydrogens (tertiary/aromatic N) is 5. The van der Waals surface area contributed by atoms with Gasteiger partial charge in [-0.25, -0.2) is 14.6 Å². The first kappa shape index (κ1) is 20.6. The predicted octanol–water partition coefficient (Wildman–Crippen LogP) is 5.17. The SMILES string of the molecule is O=c1c2nn(-c3ncc(Cl)cc3Cl)c(-c3ccc(Cl)cc3)c2ncn1CC(F)(F)F. The van der Waals surface area contributed by atoms with Crippen molar-refractivity contribution in [2.75, 3.05) is 0 Å². The molecule has 4 aromatic rings. The van der Waals surface area contributed by atoms with E-state index in [0.717, 1.165) is 6.33 Å². The van der Waals surface area contributed by atoms with Gasteiger partial charge < -0.3 is 0 Å². The molecular weight excluding hydrogens is 466 g/mol. The highest BCUT2D eigenvalue weighted by Gasteiger charge is 2.30. The minimum atomic E-state index is -4.60. The number of halogens is 6. The highest BCUT2D eigenvalue weighted by molar-refractivity contribution is 6.35. The number of benzene rings is 1. The van der Waals surface area contributed by atoms with E-state index in [4.69, 9.17) is 34.8 Å². The van der Waals surface area contributed by atoms with Gasteiger partial charge in [0, 0.05) is 16.8 Å². The number of pyridine rings is 1. The molecule has 12 heteroatoms. The summed E-state index contributed by atoms with van der Waals surface area (Å²) in [4.78, 5) is 20.9. The molecule has 0 amide bonds. The molecule has 154 valence electrons. The molecule has 3 aromatic heterocycles. The van der Waals surface area contributed by atoms with E-state index in [1.807, 2.05) is 0 Å². The van der Waals surface area contributed by atoms with Gasteiger partial charge in [-0.1, -0.05) is 46.9 Å². The first-order valence-corrected chi connectivity index (χ1v) is 9.40. The number of fused-ring (bicyclic) bond motifs is 1. The minimum Gasteiger partial charge on any atom is -0.288 e. The lowest BCUT2D eigenvalue weighted by atomic mass is 10.1. The van der Waals surface area contributed by atoms with Crippen molar-refractivity contribution in [1.29, 1.82) is 0 Å².